The van der Waals surface area contributed by atoms with Gasteiger partial charge in [0.15, 0.2) is 0 Å². The van der Waals surface area contributed by atoms with E-state index in [-0.39, 0.29) is 5.91 Å². The standard InChI is InChI=1S/C21H26N4O3S/c26-20(19-13-29-14-22-19)23-17-1-3-18(4-2-17)24-9-5-15(6-10-24)16-7-11-25(12-8-16)21(27)28/h1-4,13-16H,5-12H2,(H,23,26)(H,27,28). The van der Waals surface area contributed by atoms with E-state index in [0.29, 0.717) is 30.6 Å². The molecule has 154 valence electrons. The lowest BCUT2D eigenvalue weighted by Crippen LogP contribution is -2.42. The van der Waals surface area contributed by atoms with E-state index in [9.17, 15) is 9.59 Å². The Balaban J connectivity index is 1.27. The van der Waals surface area contributed by atoms with Crippen LogP contribution in [0.4, 0.5) is 16.2 Å². The second-order valence-corrected chi connectivity index (χ2v) is 8.52. The van der Waals surface area contributed by atoms with E-state index < -0.39 is 6.09 Å². The van der Waals surface area contributed by atoms with Crippen molar-refractivity contribution in [3.63, 3.8) is 0 Å². The van der Waals surface area contributed by atoms with Crippen LogP contribution >= 0.6 is 11.3 Å². The van der Waals surface area contributed by atoms with E-state index in [0.717, 1.165) is 44.5 Å². The molecular formula is C21H26N4O3S. The summed E-state index contributed by atoms with van der Waals surface area (Å²) >= 11 is 1.40. The number of aromatic nitrogens is 1. The van der Waals surface area contributed by atoms with Crippen molar-refractivity contribution in [2.24, 2.45) is 11.8 Å². The van der Waals surface area contributed by atoms with Crippen LogP contribution in [0.5, 0.6) is 0 Å². The number of carbonyl (C=O) groups is 2. The zero-order valence-electron chi connectivity index (χ0n) is 16.3. The number of amides is 2. The molecule has 0 radical (unpaired) electrons. The third kappa shape index (κ3) is 4.70. The Labute approximate surface area is 174 Å². The van der Waals surface area contributed by atoms with Gasteiger partial charge in [0.2, 0.25) is 0 Å². The smallest absolute Gasteiger partial charge is 0.407 e. The fourth-order valence-electron chi connectivity index (χ4n) is 4.47. The molecule has 2 aromatic rings. The monoisotopic (exact) mass is 414 g/mol. The molecule has 7 nitrogen and oxygen atoms in total. The van der Waals surface area contributed by atoms with E-state index in [2.05, 4.69) is 27.3 Å². The van der Waals surface area contributed by atoms with Crippen molar-refractivity contribution in [3.8, 4) is 0 Å². The van der Waals surface area contributed by atoms with Gasteiger partial charge in [-0.05, 0) is 61.8 Å². The lowest BCUT2D eigenvalue weighted by Gasteiger charge is -2.40. The molecule has 1 aromatic carbocycles. The number of thiazole rings is 1. The van der Waals surface area contributed by atoms with Gasteiger partial charge in [0.25, 0.3) is 5.91 Å². The lowest BCUT2D eigenvalue weighted by atomic mass is 9.79. The summed E-state index contributed by atoms with van der Waals surface area (Å²) in [5.74, 6) is 1.16. The molecule has 0 aliphatic carbocycles. The second kappa shape index (κ2) is 8.82. The summed E-state index contributed by atoms with van der Waals surface area (Å²) in [6.07, 6.45) is 3.50. The van der Waals surface area contributed by atoms with Crippen molar-refractivity contribution in [1.29, 1.82) is 0 Å². The van der Waals surface area contributed by atoms with Gasteiger partial charge in [0, 0.05) is 42.9 Å². The number of anilines is 2. The summed E-state index contributed by atoms with van der Waals surface area (Å²) in [6, 6.07) is 7.99. The Kier molecular flexibility index (Phi) is 5.99. The van der Waals surface area contributed by atoms with Gasteiger partial charge < -0.3 is 20.2 Å². The molecule has 3 heterocycles. The van der Waals surface area contributed by atoms with E-state index in [1.54, 1.807) is 15.8 Å². The summed E-state index contributed by atoms with van der Waals surface area (Å²) in [5.41, 5.74) is 4.04. The summed E-state index contributed by atoms with van der Waals surface area (Å²) in [7, 11) is 0. The predicted molar refractivity (Wildman–Crippen MR) is 114 cm³/mol. The zero-order valence-corrected chi connectivity index (χ0v) is 17.1. The number of hydrogen-bond acceptors (Lipinski definition) is 5. The summed E-state index contributed by atoms with van der Waals surface area (Å²) in [5, 5.41) is 13.7. The lowest BCUT2D eigenvalue weighted by molar-refractivity contribution is 0.102. The molecule has 2 N–H and O–H groups in total. The number of nitrogens with one attached hydrogen (secondary N) is 1. The van der Waals surface area contributed by atoms with E-state index in [4.69, 9.17) is 5.11 Å². The number of hydrogen-bond donors (Lipinski definition) is 2. The first-order chi connectivity index (χ1) is 14.1. The molecule has 4 rings (SSSR count). The normalized spacial score (nSPS) is 18.6. The Bertz CT molecular complexity index is 824. The van der Waals surface area contributed by atoms with Crippen LogP contribution in [0.3, 0.4) is 0 Å². The minimum Gasteiger partial charge on any atom is -0.465 e. The van der Waals surface area contributed by atoms with Crippen LogP contribution < -0.4 is 10.2 Å². The van der Waals surface area contributed by atoms with Gasteiger partial charge in [-0.25, -0.2) is 9.78 Å². The molecule has 29 heavy (non-hydrogen) atoms. The van der Waals surface area contributed by atoms with Gasteiger partial charge in [-0.2, -0.15) is 0 Å². The summed E-state index contributed by atoms with van der Waals surface area (Å²) < 4.78 is 0. The van der Waals surface area contributed by atoms with Crippen molar-refractivity contribution in [2.75, 3.05) is 36.4 Å². The SMILES string of the molecule is O=C(Nc1ccc(N2CCC(C3CCN(C(=O)O)CC3)CC2)cc1)c1cscn1. The van der Waals surface area contributed by atoms with Gasteiger partial charge in [-0.3, -0.25) is 4.79 Å². The van der Waals surface area contributed by atoms with Crippen molar-refractivity contribution in [3.05, 3.63) is 40.8 Å². The molecule has 8 heteroatoms. The molecule has 0 unspecified atom stereocenters. The average Bonchev–Trinajstić information content (AvgIpc) is 3.30. The molecule has 0 saturated carbocycles. The number of nitrogens with zero attached hydrogens (tertiary/aromatic N) is 3. The molecular weight excluding hydrogens is 388 g/mol. The highest BCUT2D eigenvalue weighted by Gasteiger charge is 2.30. The van der Waals surface area contributed by atoms with E-state index in [1.165, 1.54) is 17.0 Å². The number of piperidine rings is 2. The highest BCUT2D eigenvalue weighted by molar-refractivity contribution is 7.07. The molecule has 1 aromatic heterocycles. The van der Waals surface area contributed by atoms with Crippen LogP contribution in [0.25, 0.3) is 0 Å². The van der Waals surface area contributed by atoms with Crippen LogP contribution in [-0.2, 0) is 0 Å². The molecule has 2 aliphatic rings. The van der Waals surface area contributed by atoms with E-state index >= 15 is 0 Å². The molecule has 2 aliphatic heterocycles. The Morgan fingerprint density at radius 2 is 1.62 bits per heavy atom. The molecule has 0 spiro atoms. The summed E-state index contributed by atoms with van der Waals surface area (Å²) in [4.78, 5) is 31.1. The predicted octanol–water partition coefficient (Wildman–Crippen LogP) is 4.00. The Hall–Kier alpha value is -2.61. The number of benzene rings is 1. The maximum absolute atomic E-state index is 12.1. The van der Waals surface area contributed by atoms with Crippen molar-refractivity contribution in [2.45, 2.75) is 25.7 Å². The molecule has 2 fully saturated rings. The van der Waals surface area contributed by atoms with Gasteiger partial charge in [-0.1, -0.05) is 0 Å². The average molecular weight is 415 g/mol. The van der Waals surface area contributed by atoms with Crippen molar-refractivity contribution >= 4 is 34.7 Å². The second-order valence-electron chi connectivity index (χ2n) is 7.81. The van der Waals surface area contributed by atoms with Gasteiger partial charge in [0.05, 0.1) is 5.51 Å². The first kappa shape index (κ1) is 19.7. The highest BCUT2D eigenvalue weighted by atomic mass is 32.1. The number of carboxylic acid groups (broad SMARTS) is 1. The first-order valence-corrected chi connectivity index (χ1v) is 11.1. The van der Waals surface area contributed by atoms with Crippen LogP contribution in [0.1, 0.15) is 36.2 Å². The Morgan fingerprint density at radius 1 is 1.00 bits per heavy atom. The van der Waals surface area contributed by atoms with Crippen molar-refractivity contribution in [1.82, 2.24) is 9.88 Å². The fourth-order valence-corrected chi connectivity index (χ4v) is 5.00. The Morgan fingerprint density at radius 3 is 2.17 bits per heavy atom. The van der Waals surface area contributed by atoms with Crippen LogP contribution in [0.2, 0.25) is 0 Å². The van der Waals surface area contributed by atoms with Gasteiger partial charge in [0.1, 0.15) is 5.69 Å². The third-order valence-corrected chi connectivity index (χ3v) is 6.76. The zero-order chi connectivity index (χ0) is 20.2. The van der Waals surface area contributed by atoms with Crippen LogP contribution in [-0.4, -0.2) is 53.2 Å². The topological polar surface area (TPSA) is 85.8 Å². The van der Waals surface area contributed by atoms with Crippen LogP contribution in [0.15, 0.2) is 35.2 Å². The quantitative estimate of drug-likeness (QED) is 0.790. The van der Waals surface area contributed by atoms with Crippen LogP contribution in [0, 0.1) is 11.8 Å². The number of carbonyl (C=O) groups excluding carboxylic acids is 1. The van der Waals surface area contributed by atoms with Gasteiger partial charge in [-0.15, -0.1) is 11.3 Å². The van der Waals surface area contributed by atoms with Crippen molar-refractivity contribution < 1.29 is 14.7 Å². The highest BCUT2D eigenvalue weighted by Crippen LogP contribution is 2.34. The largest absolute Gasteiger partial charge is 0.465 e. The number of rotatable bonds is 4. The third-order valence-electron chi connectivity index (χ3n) is 6.17. The maximum Gasteiger partial charge on any atom is 0.407 e. The first-order valence-electron chi connectivity index (χ1n) is 10.1. The summed E-state index contributed by atoms with van der Waals surface area (Å²) in [6.45, 7) is 3.39. The minimum absolute atomic E-state index is 0.186. The maximum atomic E-state index is 12.1. The molecule has 2 amide bonds. The van der Waals surface area contributed by atoms with Gasteiger partial charge >= 0.3 is 6.09 Å². The molecule has 0 atom stereocenters. The molecule has 0 bridgehead atoms. The van der Waals surface area contributed by atoms with E-state index in [1.807, 2.05) is 12.1 Å². The fraction of sp³-hybridized carbons (Fsp3) is 0.476. The minimum atomic E-state index is -0.788. The molecule has 2 saturated heterocycles. The number of likely N-dealkylation sites (tertiary alicyclic amines) is 1.